The van der Waals surface area contributed by atoms with Crippen LogP contribution in [-0.2, 0) is 6.54 Å². The molecule has 3 heteroatoms. The highest BCUT2D eigenvalue weighted by Gasteiger charge is 2.09. The first-order valence-corrected chi connectivity index (χ1v) is 6.41. The highest BCUT2D eigenvalue weighted by Crippen LogP contribution is 2.31. The van der Waals surface area contributed by atoms with Crippen LogP contribution in [0.25, 0.3) is 0 Å². The third kappa shape index (κ3) is 4.27. The van der Waals surface area contributed by atoms with Crippen LogP contribution in [0.2, 0.25) is 0 Å². The van der Waals surface area contributed by atoms with Crippen molar-refractivity contribution in [3.8, 4) is 11.5 Å². The Labute approximate surface area is 104 Å². The Morgan fingerprint density at radius 3 is 2.59 bits per heavy atom. The smallest absolute Gasteiger partial charge is 0.165 e. The third-order valence-electron chi connectivity index (χ3n) is 2.57. The molecule has 1 aromatic carbocycles. The number of ether oxygens (including phenoxy) is 2. The van der Waals surface area contributed by atoms with E-state index in [1.54, 1.807) is 0 Å². The molecule has 17 heavy (non-hydrogen) atoms. The van der Waals surface area contributed by atoms with Gasteiger partial charge in [-0.1, -0.05) is 31.9 Å². The van der Waals surface area contributed by atoms with Crippen molar-refractivity contribution in [3.63, 3.8) is 0 Å². The molecule has 0 bridgehead atoms. The summed E-state index contributed by atoms with van der Waals surface area (Å²) in [5.74, 6) is 1.61. The second-order valence-corrected chi connectivity index (χ2v) is 3.94. The van der Waals surface area contributed by atoms with Gasteiger partial charge in [-0.3, -0.25) is 0 Å². The van der Waals surface area contributed by atoms with E-state index >= 15 is 0 Å². The molecule has 0 unspecified atom stereocenters. The van der Waals surface area contributed by atoms with Crippen LogP contribution in [0.15, 0.2) is 18.2 Å². The lowest BCUT2D eigenvalue weighted by Gasteiger charge is -2.15. The summed E-state index contributed by atoms with van der Waals surface area (Å²) in [4.78, 5) is 0. The van der Waals surface area contributed by atoms with Gasteiger partial charge in [0.05, 0.1) is 13.2 Å². The molecule has 0 aliphatic rings. The fraction of sp³-hybridized carbons (Fsp3) is 0.571. The second kappa shape index (κ2) is 7.96. The zero-order valence-electron chi connectivity index (χ0n) is 10.9. The number of hydrogen-bond donors (Lipinski definition) is 1. The van der Waals surface area contributed by atoms with Crippen LogP contribution in [-0.4, -0.2) is 13.2 Å². The Balaban J connectivity index is 2.70. The molecule has 0 radical (unpaired) electrons. The van der Waals surface area contributed by atoms with Crippen molar-refractivity contribution in [2.75, 3.05) is 13.2 Å². The van der Waals surface area contributed by atoms with Crippen molar-refractivity contribution < 1.29 is 9.47 Å². The van der Waals surface area contributed by atoms with E-state index in [0.717, 1.165) is 30.1 Å². The average molecular weight is 237 g/mol. The minimum Gasteiger partial charge on any atom is -0.490 e. The molecule has 0 spiro atoms. The molecule has 96 valence electrons. The normalized spacial score (nSPS) is 10.3. The van der Waals surface area contributed by atoms with E-state index in [2.05, 4.69) is 6.92 Å². The predicted octanol–water partition coefficient (Wildman–Crippen LogP) is 3.11. The number of para-hydroxylation sites is 1. The molecule has 0 saturated heterocycles. The van der Waals surface area contributed by atoms with Crippen LogP contribution in [0.4, 0.5) is 0 Å². The lowest BCUT2D eigenvalue weighted by atomic mass is 10.2. The molecule has 0 atom stereocenters. The van der Waals surface area contributed by atoms with Gasteiger partial charge in [-0.25, -0.2) is 0 Å². The molecular formula is C14H23NO2. The first-order chi connectivity index (χ1) is 8.33. The minimum atomic E-state index is 0.476. The minimum absolute atomic E-state index is 0.476. The van der Waals surface area contributed by atoms with Crippen LogP contribution in [0.3, 0.4) is 0 Å². The van der Waals surface area contributed by atoms with Gasteiger partial charge in [-0.2, -0.15) is 0 Å². The van der Waals surface area contributed by atoms with E-state index in [1.807, 2.05) is 25.1 Å². The number of hydrogen-bond acceptors (Lipinski definition) is 3. The van der Waals surface area contributed by atoms with Crippen molar-refractivity contribution in [1.82, 2.24) is 0 Å². The largest absolute Gasteiger partial charge is 0.490 e. The van der Waals surface area contributed by atoms with Gasteiger partial charge in [-0.15, -0.1) is 0 Å². The van der Waals surface area contributed by atoms with Crippen LogP contribution in [0, 0.1) is 0 Å². The maximum absolute atomic E-state index is 5.81. The zero-order chi connectivity index (χ0) is 12.5. The number of nitrogens with two attached hydrogens (primary N) is 1. The van der Waals surface area contributed by atoms with Crippen LogP contribution < -0.4 is 15.2 Å². The van der Waals surface area contributed by atoms with Gasteiger partial charge >= 0.3 is 0 Å². The average Bonchev–Trinajstić information content (AvgIpc) is 2.36. The van der Waals surface area contributed by atoms with Crippen molar-refractivity contribution in [2.45, 2.75) is 39.7 Å². The van der Waals surface area contributed by atoms with Gasteiger partial charge in [0.25, 0.3) is 0 Å². The van der Waals surface area contributed by atoms with E-state index in [4.69, 9.17) is 15.2 Å². The standard InChI is InChI=1S/C14H23NO2/c1-3-5-6-10-17-14-12(11-15)8-7-9-13(14)16-4-2/h7-9H,3-6,10-11,15H2,1-2H3. The molecule has 0 aromatic heterocycles. The Bertz CT molecular complexity index is 326. The van der Waals surface area contributed by atoms with Gasteiger partial charge in [0.1, 0.15) is 0 Å². The quantitative estimate of drug-likeness (QED) is 0.706. The summed E-state index contributed by atoms with van der Waals surface area (Å²) in [6, 6.07) is 5.86. The van der Waals surface area contributed by atoms with Crippen LogP contribution in [0.5, 0.6) is 11.5 Å². The Hall–Kier alpha value is -1.22. The van der Waals surface area contributed by atoms with E-state index < -0.39 is 0 Å². The zero-order valence-corrected chi connectivity index (χ0v) is 10.9. The molecule has 0 amide bonds. The predicted molar refractivity (Wildman–Crippen MR) is 70.5 cm³/mol. The first-order valence-electron chi connectivity index (χ1n) is 6.41. The molecular weight excluding hydrogens is 214 g/mol. The third-order valence-corrected chi connectivity index (χ3v) is 2.57. The van der Waals surface area contributed by atoms with Gasteiger partial charge in [-0.05, 0) is 19.4 Å². The maximum atomic E-state index is 5.81. The highest BCUT2D eigenvalue weighted by molar-refractivity contribution is 5.46. The summed E-state index contributed by atoms with van der Waals surface area (Å²) >= 11 is 0. The van der Waals surface area contributed by atoms with Crippen molar-refractivity contribution in [1.29, 1.82) is 0 Å². The molecule has 0 heterocycles. The topological polar surface area (TPSA) is 44.5 Å². The summed E-state index contributed by atoms with van der Waals surface area (Å²) in [6.07, 6.45) is 3.45. The van der Waals surface area contributed by atoms with E-state index in [9.17, 15) is 0 Å². The molecule has 0 saturated carbocycles. The van der Waals surface area contributed by atoms with Crippen molar-refractivity contribution in [2.24, 2.45) is 5.73 Å². The van der Waals surface area contributed by atoms with Crippen LogP contribution >= 0.6 is 0 Å². The molecule has 0 fully saturated rings. The highest BCUT2D eigenvalue weighted by atomic mass is 16.5. The number of benzene rings is 1. The Morgan fingerprint density at radius 2 is 1.94 bits per heavy atom. The summed E-state index contributed by atoms with van der Waals surface area (Å²) < 4.78 is 11.4. The summed E-state index contributed by atoms with van der Waals surface area (Å²) in [6.45, 7) is 5.99. The van der Waals surface area contributed by atoms with E-state index in [0.29, 0.717) is 13.2 Å². The van der Waals surface area contributed by atoms with Gasteiger partial charge in [0.15, 0.2) is 11.5 Å². The number of unbranched alkanes of at least 4 members (excludes halogenated alkanes) is 2. The molecule has 1 rings (SSSR count). The first kappa shape index (κ1) is 13.8. The lowest BCUT2D eigenvalue weighted by Crippen LogP contribution is -2.06. The van der Waals surface area contributed by atoms with Gasteiger partial charge in [0.2, 0.25) is 0 Å². The van der Waals surface area contributed by atoms with Gasteiger partial charge < -0.3 is 15.2 Å². The Kier molecular flexibility index (Phi) is 6.48. The number of rotatable bonds is 8. The van der Waals surface area contributed by atoms with Crippen molar-refractivity contribution in [3.05, 3.63) is 23.8 Å². The molecule has 2 N–H and O–H groups in total. The second-order valence-electron chi connectivity index (χ2n) is 3.94. The van der Waals surface area contributed by atoms with E-state index in [-0.39, 0.29) is 0 Å². The Morgan fingerprint density at radius 1 is 1.12 bits per heavy atom. The molecule has 0 aliphatic heterocycles. The van der Waals surface area contributed by atoms with E-state index in [1.165, 1.54) is 12.8 Å². The maximum Gasteiger partial charge on any atom is 0.165 e. The fourth-order valence-corrected chi connectivity index (χ4v) is 1.68. The fourth-order valence-electron chi connectivity index (χ4n) is 1.68. The summed E-state index contributed by atoms with van der Waals surface area (Å²) in [5.41, 5.74) is 6.72. The monoisotopic (exact) mass is 237 g/mol. The lowest BCUT2D eigenvalue weighted by molar-refractivity contribution is 0.268. The SMILES string of the molecule is CCCCCOc1c(CN)cccc1OCC. The summed E-state index contributed by atoms with van der Waals surface area (Å²) in [5, 5.41) is 0. The molecule has 3 nitrogen and oxygen atoms in total. The molecule has 1 aromatic rings. The molecule has 0 aliphatic carbocycles. The van der Waals surface area contributed by atoms with Gasteiger partial charge in [0, 0.05) is 12.1 Å². The van der Waals surface area contributed by atoms with Crippen LogP contribution in [0.1, 0.15) is 38.7 Å². The van der Waals surface area contributed by atoms with Crippen molar-refractivity contribution >= 4 is 0 Å². The summed E-state index contributed by atoms with van der Waals surface area (Å²) in [7, 11) is 0.